The molecule has 1 rings (SSSR count). The molecule has 0 radical (unpaired) electrons. The third-order valence-electron chi connectivity index (χ3n) is 1.25. The van der Waals surface area contributed by atoms with Crippen LogP contribution >= 0.6 is 27.3 Å². The first-order valence-electron chi connectivity index (χ1n) is 3.12. The molecule has 1 heterocycles. The van der Waals surface area contributed by atoms with Crippen molar-refractivity contribution in [2.75, 3.05) is 0 Å². The number of hydrogen-bond donors (Lipinski definition) is 0. The van der Waals surface area contributed by atoms with Gasteiger partial charge in [0.05, 0.1) is 3.79 Å². The molecule has 0 N–H and O–H groups in total. The van der Waals surface area contributed by atoms with Crippen LogP contribution in [0.3, 0.4) is 0 Å². The van der Waals surface area contributed by atoms with Gasteiger partial charge >= 0.3 is 0 Å². The summed E-state index contributed by atoms with van der Waals surface area (Å²) in [5, 5.41) is 1.89. The molecule has 1 aromatic rings. The fourth-order valence-electron chi connectivity index (χ4n) is 0.734. The highest BCUT2D eigenvalue weighted by Gasteiger charge is 2.08. The molecule has 0 aliphatic carbocycles. The molecule has 0 unspecified atom stereocenters. The number of carbonyl (C=O) groups is 1. The number of ketones is 1. The molecule has 0 saturated carbocycles. The summed E-state index contributed by atoms with van der Waals surface area (Å²) < 4.78 is 0.907. The highest BCUT2D eigenvalue weighted by Crippen LogP contribution is 2.24. The second kappa shape index (κ2) is 3.83. The van der Waals surface area contributed by atoms with Crippen molar-refractivity contribution < 1.29 is 4.79 Å². The van der Waals surface area contributed by atoms with E-state index >= 15 is 0 Å². The smallest absolute Gasteiger partial charge is 0.168 e. The lowest BCUT2D eigenvalue weighted by molar-refractivity contribution is 0.0996. The standard InChI is InChI=1S/C8H7BrOS/c1-2-3-7(10)6-4-5-11-8(6)9/h2,4-5H,1,3H2. The Hall–Kier alpha value is -0.410. The van der Waals surface area contributed by atoms with E-state index in [0.717, 1.165) is 9.35 Å². The second-order valence-electron chi connectivity index (χ2n) is 2.02. The Morgan fingerprint density at radius 1 is 1.82 bits per heavy atom. The molecule has 11 heavy (non-hydrogen) atoms. The zero-order chi connectivity index (χ0) is 8.27. The summed E-state index contributed by atoms with van der Waals surface area (Å²) >= 11 is 4.82. The van der Waals surface area contributed by atoms with Gasteiger partial charge in [0.2, 0.25) is 0 Å². The Balaban J connectivity index is 2.83. The Morgan fingerprint density at radius 3 is 3.00 bits per heavy atom. The predicted molar refractivity (Wildman–Crippen MR) is 51.2 cm³/mol. The molecule has 0 amide bonds. The van der Waals surface area contributed by atoms with E-state index < -0.39 is 0 Å². The van der Waals surface area contributed by atoms with Crippen LogP contribution in [0.25, 0.3) is 0 Å². The van der Waals surface area contributed by atoms with Gasteiger partial charge in [-0.2, -0.15) is 0 Å². The summed E-state index contributed by atoms with van der Waals surface area (Å²) in [5.41, 5.74) is 0.759. The van der Waals surface area contributed by atoms with E-state index in [4.69, 9.17) is 0 Å². The fourth-order valence-corrected chi connectivity index (χ4v) is 2.04. The Kier molecular flexibility index (Phi) is 3.02. The Morgan fingerprint density at radius 2 is 2.55 bits per heavy atom. The van der Waals surface area contributed by atoms with E-state index in [1.165, 1.54) is 11.3 Å². The van der Waals surface area contributed by atoms with Crippen LogP contribution in [0.1, 0.15) is 16.8 Å². The first kappa shape index (κ1) is 8.68. The minimum absolute atomic E-state index is 0.119. The van der Waals surface area contributed by atoms with Crippen LogP contribution in [-0.2, 0) is 0 Å². The van der Waals surface area contributed by atoms with Crippen LogP contribution in [-0.4, -0.2) is 5.78 Å². The van der Waals surface area contributed by atoms with Crippen LogP contribution in [0.5, 0.6) is 0 Å². The molecule has 0 saturated heterocycles. The lowest BCUT2D eigenvalue weighted by Crippen LogP contribution is -1.94. The monoisotopic (exact) mass is 230 g/mol. The van der Waals surface area contributed by atoms with Gasteiger partial charge in [-0.15, -0.1) is 17.9 Å². The maximum absolute atomic E-state index is 11.2. The summed E-state index contributed by atoms with van der Waals surface area (Å²) in [4.78, 5) is 11.2. The summed E-state index contributed by atoms with van der Waals surface area (Å²) in [5.74, 6) is 0.119. The third-order valence-corrected chi connectivity index (χ3v) is 2.94. The number of allylic oxidation sites excluding steroid dienone is 1. The average molecular weight is 231 g/mol. The molecule has 0 bridgehead atoms. The third kappa shape index (κ3) is 2.01. The van der Waals surface area contributed by atoms with E-state index in [9.17, 15) is 4.79 Å². The van der Waals surface area contributed by atoms with Gasteiger partial charge in [0, 0.05) is 12.0 Å². The van der Waals surface area contributed by atoms with E-state index in [0.29, 0.717) is 6.42 Å². The van der Waals surface area contributed by atoms with Crippen LogP contribution in [0.4, 0.5) is 0 Å². The summed E-state index contributed by atoms with van der Waals surface area (Å²) in [6.45, 7) is 3.51. The van der Waals surface area contributed by atoms with Crippen molar-refractivity contribution in [3.05, 3.63) is 33.5 Å². The van der Waals surface area contributed by atoms with Crippen LogP contribution in [0.2, 0.25) is 0 Å². The van der Waals surface area contributed by atoms with Gasteiger partial charge in [0.1, 0.15) is 0 Å². The molecule has 58 valence electrons. The number of Topliss-reactive ketones (excluding diaryl/α,β-unsaturated/α-hetero) is 1. The van der Waals surface area contributed by atoms with E-state index in [1.807, 2.05) is 11.4 Å². The molecular weight excluding hydrogens is 224 g/mol. The largest absolute Gasteiger partial charge is 0.294 e. The van der Waals surface area contributed by atoms with Crippen molar-refractivity contribution in [2.45, 2.75) is 6.42 Å². The molecule has 0 spiro atoms. The molecule has 0 aromatic carbocycles. The van der Waals surface area contributed by atoms with Crippen molar-refractivity contribution in [3.8, 4) is 0 Å². The van der Waals surface area contributed by atoms with E-state index in [-0.39, 0.29) is 5.78 Å². The summed E-state index contributed by atoms with van der Waals surface area (Å²) in [6, 6.07) is 1.82. The van der Waals surface area contributed by atoms with Crippen LogP contribution in [0.15, 0.2) is 27.9 Å². The molecule has 3 heteroatoms. The van der Waals surface area contributed by atoms with Crippen molar-refractivity contribution in [1.82, 2.24) is 0 Å². The Bertz CT molecular complexity index is 277. The molecule has 0 aliphatic rings. The first-order valence-corrected chi connectivity index (χ1v) is 4.80. The van der Waals surface area contributed by atoms with Gasteiger partial charge in [-0.25, -0.2) is 0 Å². The zero-order valence-corrected chi connectivity index (χ0v) is 8.24. The number of rotatable bonds is 3. The molecule has 0 atom stereocenters. The highest BCUT2D eigenvalue weighted by molar-refractivity contribution is 9.11. The number of hydrogen-bond acceptors (Lipinski definition) is 2. The highest BCUT2D eigenvalue weighted by atomic mass is 79.9. The SMILES string of the molecule is C=CCC(=O)c1ccsc1Br. The zero-order valence-electron chi connectivity index (χ0n) is 5.84. The molecular formula is C8H7BrOS. The van der Waals surface area contributed by atoms with Crippen molar-refractivity contribution in [2.24, 2.45) is 0 Å². The molecule has 0 aliphatic heterocycles. The van der Waals surface area contributed by atoms with Crippen molar-refractivity contribution in [3.63, 3.8) is 0 Å². The number of thiophene rings is 1. The number of halogens is 1. The molecule has 1 aromatic heterocycles. The maximum atomic E-state index is 11.2. The maximum Gasteiger partial charge on any atom is 0.168 e. The Labute approximate surface area is 77.9 Å². The van der Waals surface area contributed by atoms with Gasteiger partial charge in [-0.05, 0) is 27.4 Å². The molecule has 1 nitrogen and oxygen atoms in total. The molecule has 0 fully saturated rings. The normalized spacial score (nSPS) is 9.55. The number of carbonyl (C=O) groups excluding carboxylic acids is 1. The summed E-state index contributed by atoms with van der Waals surface area (Å²) in [6.07, 6.45) is 2.03. The lowest BCUT2D eigenvalue weighted by Gasteiger charge is -1.92. The van der Waals surface area contributed by atoms with E-state index in [1.54, 1.807) is 6.08 Å². The van der Waals surface area contributed by atoms with Gasteiger partial charge in [-0.3, -0.25) is 4.79 Å². The lowest BCUT2D eigenvalue weighted by atomic mass is 10.2. The van der Waals surface area contributed by atoms with E-state index in [2.05, 4.69) is 22.5 Å². The fraction of sp³-hybridized carbons (Fsp3) is 0.125. The summed E-state index contributed by atoms with van der Waals surface area (Å²) in [7, 11) is 0. The van der Waals surface area contributed by atoms with Gasteiger partial charge in [0.25, 0.3) is 0 Å². The second-order valence-corrected chi connectivity index (χ2v) is 4.26. The van der Waals surface area contributed by atoms with Crippen molar-refractivity contribution in [1.29, 1.82) is 0 Å². The first-order chi connectivity index (χ1) is 5.25. The van der Waals surface area contributed by atoms with Crippen LogP contribution < -0.4 is 0 Å². The van der Waals surface area contributed by atoms with Crippen LogP contribution in [0, 0.1) is 0 Å². The quantitative estimate of drug-likeness (QED) is 0.576. The van der Waals surface area contributed by atoms with Gasteiger partial charge < -0.3 is 0 Å². The van der Waals surface area contributed by atoms with Crippen molar-refractivity contribution >= 4 is 33.0 Å². The minimum Gasteiger partial charge on any atom is -0.294 e. The average Bonchev–Trinajstić information content (AvgIpc) is 2.36. The minimum atomic E-state index is 0.119. The topological polar surface area (TPSA) is 17.1 Å². The van der Waals surface area contributed by atoms with Gasteiger partial charge in [-0.1, -0.05) is 6.08 Å². The predicted octanol–water partition coefficient (Wildman–Crippen LogP) is 3.27. The van der Waals surface area contributed by atoms with Gasteiger partial charge in [0.15, 0.2) is 5.78 Å².